The number of benzene rings is 7. The molecule has 10 N–H and O–H groups in total. The van der Waals surface area contributed by atoms with E-state index in [-0.39, 0.29) is 65.8 Å². The number of para-hydroxylation sites is 2. The van der Waals surface area contributed by atoms with Crippen molar-refractivity contribution in [2.24, 2.45) is 0 Å². The van der Waals surface area contributed by atoms with E-state index in [2.05, 4.69) is 92.7 Å². The van der Waals surface area contributed by atoms with Crippen molar-refractivity contribution in [3.8, 4) is 69.5 Å². The first kappa shape index (κ1) is 63.4. The minimum absolute atomic E-state index is 0.0341. The van der Waals surface area contributed by atoms with Gasteiger partial charge in [-0.2, -0.15) is 51.0 Å². The van der Waals surface area contributed by atoms with Gasteiger partial charge >= 0.3 is 0 Å². The van der Waals surface area contributed by atoms with Crippen LogP contribution in [0, 0.1) is 62.8 Å². The lowest BCUT2D eigenvalue weighted by molar-refractivity contribution is -0.116. The highest BCUT2D eigenvalue weighted by Gasteiger charge is 2.38. The van der Waals surface area contributed by atoms with E-state index in [0.29, 0.717) is 16.8 Å². The number of ether oxygens (including phenoxy) is 2. The van der Waals surface area contributed by atoms with Crippen LogP contribution in [-0.4, -0.2) is 89.1 Å². The number of hydrogen-bond donors (Lipinski definition) is 10. The molecule has 0 fully saturated rings. The molecule has 1 aliphatic heterocycles. The van der Waals surface area contributed by atoms with E-state index in [0.717, 1.165) is 44.8 Å². The number of aromatic nitrogens is 6. The molecule has 0 unspecified atom stereocenters. The number of nitrogens with zero attached hydrogens (tertiary/aromatic N) is 11. The summed E-state index contributed by atoms with van der Waals surface area (Å²) in [6.07, 6.45) is -0.105. The second-order valence-corrected chi connectivity index (χ2v) is 20.6. The molecule has 28 heteroatoms. The Bertz CT molecular complexity index is 4460. The summed E-state index contributed by atoms with van der Waals surface area (Å²) in [5.74, 6) is -8.16. The SMILES string of the molecule is CC1(C)c2cc(-c3ccc(CC(=O)Nc4nc(NCO)nc(NCO)n4)cc3)ccc2N(c2ccc(Oc3ccccc3Oc3c(F)c(=C(C#N)C#N)c(F)c(F)c3=C(C#N)C#N)cc2)c2ccc(-c3ccc(CC(=O)Nc4nc(NCO)nc(NCO)n4)cc3)cc21. The zero-order valence-electron chi connectivity index (χ0n) is 48.9. The maximum Gasteiger partial charge on any atom is 0.236 e. The van der Waals surface area contributed by atoms with Crippen molar-refractivity contribution in [1.29, 1.82) is 21.0 Å². The zero-order valence-corrected chi connectivity index (χ0v) is 48.9. The molecule has 7 aromatic carbocycles. The fraction of sp³-hybridized carbons (Fsp3) is 0.138. The first-order valence-corrected chi connectivity index (χ1v) is 27.9. The molecule has 93 heavy (non-hydrogen) atoms. The molecule has 0 saturated carbocycles. The van der Waals surface area contributed by atoms with Gasteiger partial charge in [-0.15, -0.1) is 0 Å². The lowest BCUT2D eigenvalue weighted by Gasteiger charge is -2.42. The van der Waals surface area contributed by atoms with Crippen molar-refractivity contribution in [3.63, 3.8) is 0 Å². The van der Waals surface area contributed by atoms with Gasteiger partial charge < -0.3 is 56.1 Å². The average molecular weight is 1250 g/mol. The maximum absolute atomic E-state index is 16.3. The third-order valence-corrected chi connectivity index (χ3v) is 14.5. The first-order chi connectivity index (χ1) is 45.0. The Hall–Kier alpha value is -12.6. The Morgan fingerprint density at radius 3 is 1.27 bits per heavy atom. The van der Waals surface area contributed by atoms with Crippen LogP contribution in [0.15, 0.2) is 133 Å². The van der Waals surface area contributed by atoms with Crippen LogP contribution in [0.25, 0.3) is 33.4 Å². The van der Waals surface area contributed by atoms with Gasteiger partial charge in [0.15, 0.2) is 34.7 Å². The summed E-state index contributed by atoms with van der Waals surface area (Å²) in [4.78, 5) is 53.0. The Balaban J connectivity index is 0.972. The number of hydrogen-bond acceptors (Lipinski definition) is 23. The summed E-state index contributed by atoms with van der Waals surface area (Å²) in [5, 5.41) is 88.5. The Kier molecular flexibility index (Phi) is 19.0. The zero-order chi connectivity index (χ0) is 65.9. The number of nitrogens with one attached hydrogen (secondary N) is 6. The summed E-state index contributed by atoms with van der Waals surface area (Å²) in [5.41, 5.74) is 6.03. The second kappa shape index (κ2) is 27.9. The van der Waals surface area contributed by atoms with E-state index < -0.39 is 88.9 Å². The summed E-state index contributed by atoms with van der Waals surface area (Å²) >= 11 is 0. The Morgan fingerprint density at radius 2 is 0.860 bits per heavy atom. The Labute approximate surface area is 526 Å². The quantitative estimate of drug-likeness (QED) is 0.0243. The van der Waals surface area contributed by atoms with Crippen LogP contribution in [0.3, 0.4) is 0 Å². The molecule has 0 radical (unpaired) electrons. The monoisotopic (exact) mass is 1250 g/mol. The smallest absolute Gasteiger partial charge is 0.236 e. The highest BCUT2D eigenvalue weighted by molar-refractivity contribution is 5.93. The average Bonchev–Trinajstić information content (AvgIpc) is 0.725. The molecule has 9 aromatic rings. The summed E-state index contributed by atoms with van der Waals surface area (Å²) < 4.78 is 59.5. The highest BCUT2D eigenvalue weighted by atomic mass is 19.2. The van der Waals surface area contributed by atoms with Crippen LogP contribution in [0.2, 0.25) is 0 Å². The van der Waals surface area contributed by atoms with Gasteiger partial charge in [-0.25, -0.2) is 13.2 Å². The van der Waals surface area contributed by atoms with Gasteiger partial charge in [-0.1, -0.05) is 86.6 Å². The van der Waals surface area contributed by atoms with Crippen LogP contribution < -0.4 is 56.7 Å². The number of rotatable bonds is 21. The van der Waals surface area contributed by atoms with Crippen molar-refractivity contribution < 1.29 is 52.7 Å². The van der Waals surface area contributed by atoms with Gasteiger partial charge in [0.25, 0.3) is 0 Å². The predicted octanol–water partition coefficient (Wildman–Crippen LogP) is 7.71. The molecule has 25 nitrogen and oxygen atoms in total. The number of nitriles is 4. The van der Waals surface area contributed by atoms with Crippen LogP contribution in [0.5, 0.6) is 23.0 Å². The Morgan fingerprint density at radius 1 is 0.484 bits per heavy atom. The van der Waals surface area contributed by atoms with Crippen LogP contribution >= 0.6 is 0 Å². The van der Waals surface area contributed by atoms with Gasteiger partial charge in [0, 0.05) is 11.1 Å². The molecule has 464 valence electrons. The van der Waals surface area contributed by atoms with Crippen LogP contribution in [0.1, 0.15) is 36.1 Å². The third kappa shape index (κ3) is 13.7. The van der Waals surface area contributed by atoms with E-state index in [1.54, 1.807) is 30.3 Å². The van der Waals surface area contributed by atoms with E-state index in [9.17, 15) is 51.1 Å². The molecular weight excluding hydrogens is 1200 g/mol. The standard InChI is InChI=1S/C65H50F3N17O8/c1-65(2)45-25-39(37-11-7-35(8-12-37)23-51(90)77-63-81-59(73-31-86)79-60(82-63)74-32-87)15-21-47(45)85(48-22-16-40(26-46(48)65)38-13-9-36(10-14-38)24-52(91)78-64-83-61(75-33-88)80-62(84-64)76-34-89)43-17-19-44(20-18-43)92-49-5-3-4-6-50(49)93-58-54(42(29-71)30-72)56(67)55(66)53(57(58)68)41(27-69)28-70/h3-22,25-26,86-89H,23-24,31-34H2,1-2H3,(H3,73,74,77,79,81,82,90)(H3,75,76,78,80,83,84,91). The number of anilines is 9. The largest absolute Gasteiger partial charge is 0.453 e. The number of aliphatic hydroxyl groups excluding tert-OH is 4. The molecule has 0 spiro atoms. The molecule has 0 aliphatic carbocycles. The molecule has 1 aliphatic rings. The fourth-order valence-electron chi connectivity index (χ4n) is 10.1. The van der Waals surface area contributed by atoms with Crippen LogP contribution in [-0.2, 0) is 27.8 Å². The van der Waals surface area contributed by atoms with Crippen LogP contribution in [0.4, 0.5) is 65.9 Å². The molecule has 0 saturated heterocycles. The topological polar surface area (TPSA) is 381 Å². The van der Waals surface area contributed by atoms with E-state index in [1.165, 1.54) is 42.5 Å². The second-order valence-electron chi connectivity index (χ2n) is 20.6. The lowest BCUT2D eigenvalue weighted by atomic mass is 9.72. The summed E-state index contributed by atoms with van der Waals surface area (Å²) in [7, 11) is 0. The number of amides is 2. The maximum atomic E-state index is 16.3. The van der Waals surface area contributed by atoms with Gasteiger partial charge in [0.1, 0.15) is 68.1 Å². The molecule has 3 heterocycles. The van der Waals surface area contributed by atoms with Crippen molar-refractivity contribution in [2.75, 3.05) is 63.7 Å². The van der Waals surface area contributed by atoms with E-state index in [1.807, 2.05) is 72.8 Å². The molecule has 0 bridgehead atoms. The number of carbonyl (C=O) groups is 2. The fourth-order valence-corrected chi connectivity index (χ4v) is 10.1. The van der Waals surface area contributed by atoms with Gasteiger partial charge in [-0.05, 0) is 105 Å². The van der Waals surface area contributed by atoms with E-state index >= 15 is 13.2 Å². The minimum atomic E-state index is -1.98. The van der Waals surface area contributed by atoms with Gasteiger partial charge in [0.2, 0.25) is 47.5 Å². The number of fused-ring (bicyclic) bond motifs is 2. The molecule has 0 atom stereocenters. The molecular formula is C65H50F3N17O8. The summed E-state index contributed by atoms with van der Waals surface area (Å²) in [6.45, 7) is 2.27. The van der Waals surface area contributed by atoms with Crippen molar-refractivity contribution >= 4 is 75.7 Å². The van der Waals surface area contributed by atoms with Crippen molar-refractivity contribution in [2.45, 2.75) is 32.1 Å². The molecule has 2 amide bonds. The number of carbonyl (C=O) groups excluding carboxylic acids is 2. The normalized spacial score (nSPS) is 11.6. The first-order valence-electron chi connectivity index (χ1n) is 27.9. The van der Waals surface area contributed by atoms with Gasteiger partial charge in [-0.3, -0.25) is 20.2 Å². The van der Waals surface area contributed by atoms with Crippen molar-refractivity contribution in [3.05, 3.63) is 184 Å². The van der Waals surface area contributed by atoms with E-state index in [4.69, 9.17) is 9.47 Å². The minimum Gasteiger partial charge on any atom is -0.453 e. The molecule has 10 rings (SSSR count). The van der Waals surface area contributed by atoms with Gasteiger partial charge in [0.05, 0.1) is 34.7 Å². The highest BCUT2D eigenvalue weighted by Crippen LogP contribution is 2.54. The van der Waals surface area contributed by atoms with Crippen molar-refractivity contribution in [1.82, 2.24) is 29.9 Å². The number of aliphatic hydroxyl groups is 4. The predicted molar refractivity (Wildman–Crippen MR) is 333 cm³/mol. The third-order valence-electron chi connectivity index (χ3n) is 14.5. The summed E-state index contributed by atoms with van der Waals surface area (Å²) in [6, 6.07) is 45.2. The lowest BCUT2D eigenvalue weighted by Crippen LogP contribution is -2.30. The number of halogens is 3. The molecule has 2 aromatic heterocycles.